The van der Waals surface area contributed by atoms with Crippen LogP contribution in [0.15, 0.2) is 35.5 Å². The molecule has 2 aromatic rings. The average molecular weight is 432 g/mol. The van der Waals surface area contributed by atoms with Gasteiger partial charge in [-0.25, -0.2) is 0 Å². The van der Waals surface area contributed by atoms with Crippen molar-refractivity contribution in [2.75, 3.05) is 19.4 Å². The summed E-state index contributed by atoms with van der Waals surface area (Å²) in [4.78, 5) is 25.7. The van der Waals surface area contributed by atoms with Gasteiger partial charge in [0.2, 0.25) is 11.8 Å². The molecule has 2 heterocycles. The number of nitrogens with two attached hydrogens (primary N) is 1. The van der Waals surface area contributed by atoms with Gasteiger partial charge in [-0.05, 0) is 25.3 Å². The number of carbonyl (C=O) groups is 2. The van der Waals surface area contributed by atoms with Crippen molar-refractivity contribution in [3.63, 3.8) is 0 Å². The zero-order chi connectivity index (χ0) is 21.5. The Morgan fingerprint density at radius 1 is 1.33 bits per heavy atom. The number of hydrogen-bond acceptors (Lipinski definition) is 6. The summed E-state index contributed by atoms with van der Waals surface area (Å²) in [7, 11) is 1.82. The normalized spacial score (nSPS) is 17.1. The number of aryl methyl sites for hydroxylation is 1. The second-order valence-corrected chi connectivity index (χ2v) is 8.43. The Bertz CT molecular complexity index is 852. The third kappa shape index (κ3) is 5.82. The second kappa shape index (κ2) is 10.6. The van der Waals surface area contributed by atoms with Crippen LogP contribution in [0.4, 0.5) is 0 Å². The van der Waals surface area contributed by atoms with Crippen LogP contribution in [0.1, 0.15) is 43.6 Å². The Labute approximate surface area is 181 Å². The number of thioether (sulfide) groups is 1. The molecular formula is C21H29N5O3S. The number of ether oxygens (including phenoxy) is 1. The van der Waals surface area contributed by atoms with E-state index in [2.05, 4.69) is 10.2 Å². The molecule has 30 heavy (non-hydrogen) atoms. The van der Waals surface area contributed by atoms with Crippen molar-refractivity contribution in [2.45, 2.75) is 56.5 Å². The van der Waals surface area contributed by atoms with Gasteiger partial charge in [0.05, 0.1) is 24.4 Å². The van der Waals surface area contributed by atoms with Crippen LogP contribution in [-0.4, -0.2) is 57.0 Å². The molecule has 9 heteroatoms. The lowest BCUT2D eigenvalue weighted by molar-refractivity contribution is -0.129. The Morgan fingerprint density at radius 3 is 2.77 bits per heavy atom. The summed E-state index contributed by atoms with van der Waals surface area (Å²) in [6.07, 6.45) is 2.75. The molecule has 0 saturated carbocycles. The van der Waals surface area contributed by atoms with Crippen LogP contribution in [0, 0.1) is 0 Å². The predicted molar refractivity (Wildman–Crippen MR) is 115 cm³/mol. The van der Waals surface area contributed by atoms with E-state index >= 15 is 0 Å². The maximum absolute atomic E-state index is 12.8. The molecule has 1 aromatic carbocycles. The van der Waals surface area contributed by atoms with E-state index in [9.17, 15) is 9.59 Å². The van der Waals surface area contributed by atoms with Gasteiger partial charge in [-0.15, -0.1) is 10.2 Å². The van der Waals surface area contributed by atoms with Crippen molar-refractivity contribution in [3.05, 3.63) is 41.7 Å². The molecule has 2 amide bonds. The maximum Gasteiger partial charge on any atom is 0.233 e. The number of primary amides is 1. The molecule has 8 nitrogen and oxygen atoms in total. The number of nitrogens with zero attached hydrogens (tertiary/aromatic N) is 4. The first-order valence-corrected chi connectivity index (χ1v) is 11.2. The van der Waals surface area contributed by atoms with Gasteiger partial charge in [0.15, 0.2) is 5.16 Å². The molecule has 1 aliphatic rings. The standard InChI is InChI=1S/C21H29N5O3S/c1-15(16-7-4-3-5-8-16)25(2)20(28)14-30-21-24-23-19(11-10-18(22)27)26(21)13-17-9-6-12-29-17/h3-5,7-8,15,17H,6,9-14H2,1-2H3,(H2,22,27)/t15-,17-/m1/s1. The number of carbonyl (C=O) groups excluding carboxylic acids is 2. The Balaban J connectivity index is 1.65. The predicted octanol–water partition coefficient (Wildman–Crippen LogP) is 2.19. The smallest absolute Gasteiger partial charge is 0.233 e. The van der Waals surface area contributed by atoms with E-state index in [-0.39, 0.29) is 36.1 Å². The van der Waals surface area contributed by atoms with Crippen LogP contribution >= 0.6 is 11.8 Å². The lowest BCUT2D eigenvalue weighted by Crippen LogP contribution is -2.31. The quantitative estimate of drug-likeness (QED) is 0.579. The first kappa shape index (κ1) is 22.3. The second-order valence-electron chi connectivity index (χ2n) is 7.49. The van der Waals surface area contributed by atoms with Crippen LogP contribution in [0.5, 0.6) is 0 Å². The molecule has 0 unspecified atom stereocenters. The van der Waals surface area contributed by atoms with Crippen molar-refractivity contribution in [1.82, 2.24) is 19.7 Å². The first-order chi connectivity index (χ1) is 14.5. The fourth-order valence-electron chi connectivity index (χ4n) is 3.42. The highest BCUT2D eigenvalue weighted by molar-refractivity contribution is 7.99. The summed E-state index contributed by atoms with van der Waals surface area (Å²) in [6.45, 7) is 3.39. The minimum Gasteiger partial charge on any atom is -0.376 e. The highest BCUT2D eigenvalue weighted by atomic mass is 32.2. The number of benzene rings is 1. The highest BCUT2D eigenvalue weighted by Crippen LogP contribution is 2.24. The zero-order valence-electron chi connectivity index (χ0n) is 17.5. The largest absolute Gasteiger partial charge is 0.376 e. The summed E-state index contributed by atoms with van der Waals surface area (Å²) in [6, 6.07) is 9.93. The summed E-state index contributed by atoms with van der Waals surface area (Å²) in [5, 5.41) is 9.17. The zero-order valence-corrected chi connectivity index (χ0v) is 18.3. The number of aromatic nitrogens is 3. The van der Waals surface area contributed by atoms with E-state index in [4.69, 9.17) is 10.5 Å². The topological polar surface area (TPSA) is 103 Å². The fourth-order valence-corrected chi connectivity index (χ4v) is 4.31. The van der Waals surface area contributed by atoms with Gasteiger partial charge in [-0.2, -0.15) is 0 Å². The van der Waals surface area contributed by atoms with Crippen LogP contribution in [0.25, 0.3) is 0 Å². The van der Waals surface area contributed by atoms with E-state index in [1.54, 1.807) is 4.90 Å². The molecule has 0 radical (unpaired) electrons. The number of hydrogen-bond donors (Lipinski definition) is 1. The average Bonchev–Trinajstić information content (AvgIpc) is 3.40. The van der Waals surface area contributed by atoms with E-state index in [0.29, 0.717) is 23.9 Å². The highest BCUT2D eigenvalue weighted by Gasteiger charge is 2.23. The third-order valence-electron chi connectivity index (χ3n) is 5.38. The SMILES string of the molecule is C[C@H](c1ccccc1)N(C)C(=O)CSc1nnc(CCC(N)=O)n1C[C@H]1CCCO1. The summed E-state index contributed by atoms with van der Waals surface area (Å²) < 4.78 is 7.72. The Morgan fingerprint density at radius 2 is 2.10 bits per heavy atom. The van der Waals surface area contributed by atoms with E-state index < -0.39 is 0 Å². The molecule has 1 aliphatic heterocycles. The molecule has 0 aliphatic carbocycles. The molecule has 1 aromatic heterocycles. The lowest BCUT2D eigenvalue weighted by Gasteiger charge is -2.25. The van der Waals surface area contributed by atoms with Gasteiger partial charge in [-0.1, -0.05) is 42.1 Å². The summed E-state index contributed by atoms with van der Waals surface area (Å²) >= 11 is 1.36. The Hall–Kier alpha value is -2.39. The van der Waals surface area contributed by atoms with E-state index in [1.165, 1.54) is 11.8 Å². The minimum absolute atomic E-state index is 0.0155. The van der Waals surface area contributed by atoms with Crippen LogP contribution in [0.2, 0.25) is 0 Å². The molecule has 1 saturated heterocycles. The van der Waals surface area contributed by atoms with Crippen LogP contribution in [0.3, 0.4) is 0 Å². The molecule has 1 fully saturated rings. The minimum atomic E-state index is -0.373. The summed E-state index contributed by atoms with van der Waals surface area (Å²) in [5.41, 5.74) is 6.38. The Kier molecular flexibility index (Phi) is 7.87. The van der Waals surface area contributed by atoms with E-state index in [0.717, 1.165) is 25.0 Å². The van der Waals surface area contributed by atoms with Gasteiger partial charge in [0.1, 0.15) is 5.82 Å². The van der Waals surface area contributed by atoms with Crippen molar-refractivity contribution in [1.29, 1.82) is 0 Å². The molecule has 162 valence electrons. The maximum atomic E-state index is 12.8. The van der Waals surface area contributed by atoms with Crippen molar-refractivity contribution in [2.24, 2.45) is 5.73 Å². The fraction of sp³-hybridized carbons (Fsp3) is 0.524. The van der Waals surface area contributed by atoms with Gasteiger partial charge >= 0.3 is 0 Å². The molecular weight excluding hydrogens is 402 g/mol. The third-order valence-corrected chi connectivity index (χ3v) is 6.33. The molecule has 0 spiro atoms. The first-order valence-electron chi connectivity index (χ1n) is 10.2. The lowest BCUT2D eigenvalue weighted by atomic mass is 10.1. The van der Waals surface area contributed by atoms with E-state index in [1.807, 2.05) is 48.9 Å². The van der Waals surface area contributed by atoms with Crippen LogP contribution < -0.4 is 5.73 Å². The van der Waals surface area contributed by atoms with Crippen LogP contribution in [-0.2, 0) is 27.3 Å². The number of amides is 2. The van der Waals surface area contributed by atoms with Gasteiger partial charge in [-0.3, -0.25) is 9.59 Å². The van der Waals surface area contributed by atoms with Gasteiger partial charge in [0.25, 0.3) is 0 Å². The molecule has 0 bridgehead atoms. The van der Waals surface area contributed by atoms with Crippen molar-refractivity contribution >= 4 is 23.6 Å². The van der Waals surface area contributed by atoms with Crippen molar-refractivity contribution < 1.29 is 14.3 Å². The van der Waals surface area contributed by atoms with Gasteiger partial charge in [0, 0.05) is 26.5 Å². The summed E-state index contributed by atoms with van der Waals surface area (Å²) in [5.74, 6) is 0.599. The molecule has 2 atom stereocenters. The molecule has 3 rings (SSSR count). The number of rotatable bonds is 10. The van der Waals surface area contributed by atoms with Crippen molar-refractivity contribution in [3.8, 4) is 0 Å². The monoisotopic (exact) mass is 431 g/mol. The molecule has 2 N–H and O–H groups in total. The van der Waals surface area contributed by atoms with Gasteiger partial charge < -0.3 is 19.9 Å².